The van der Waals surface area contributed by atoms with Crippen molar-refractivity contribution in [1.29, 1.82) is 0 Å². The van der Waals surface area contributed by atoms with Crippen LogP contribution in [0.1, 0.15) is 18.4 Å². The van der Waals surface area contributed by atoms with Gasteiger partial charge in [-0.3, -0.25) is 0 Å². The molecule has 0 aliphatic carbocycles. The van der Waals surface area contributed by atoms with Crippen molar-refractivity contribution in [2.24, 2.45) is 0 Å². The number of benzene rings is 1. The van der Waals surface area contributed by atoms with Gasteiger partial charge in [-0.1, -0.05) is 6.92 Å². The Balaban J connectivity index is 0.000000422. The van der Waals surface area contributed by atoms with E-state index in [9.17, 15) is 0 Å². The van der Waals surface area contributed by atoms with Crippen LogP contribution in [0.5, 0.6) is 11.5 Å². The Morgan fingerprint density at radius 2 is 1.50 bits per heavy atom. The number of ether oxygens (including phenoxy) is 2. The monoisotopic (exact) mass is 332 g/mol. The van der Waals surface area contributed by atoms with Crippen LogP contribution in [-0.2, 0) is 6.42 Å². The Morgan fingerprint density at radius 3 is 1.95 bits per heavy atom. The molecule has 2 aromatic rings. The van der Waals surface area contributed by atoms with Crippen LogP contribution < -0.4 is 28.1 Å². The molecule has 0 spiro atoms. The number of rotatable bonds is 3. The quantitative estimate of drug-likeness (QED) is 0.650. The molecule has 22 heavy (non-hydrogen) atoms. The molecule has 7 nitrogen and oxygen atoms in total. The summed E-state index contributed by atoms with van der Waals surface area (Å²) in [5.41, 5.74) is 0. The van der Waals surface area contributed by atoms with E-state index in [1.807, 2.05) is 25.1 Å². The van der Waals surface area contributed by atoms with Gasteiger partial charge in [-0.2, -0.15) is 0 Å². The molecular weight excluding hydrogens is 316 g/mol. The van der Waals surface area contributed by atoms with Gasteiger partial charge >= 0.3 is 11.5 Å². The predicted molar refractivity (Wildman–Crippen MR) is 67.8 cm³/mol. The van der Waals surface area contributed by atoms with E-state index in [0.29, 0.717) is 0 Å². The van der Waals surface area contributed by atoms with Crippen molar-refractivity contribution in [2.75, 3.05) is 14.2 Å². The highest BCUT2D eigenvalue weighted by Gasteiger charge is 2.17. The van der Waals surface area contributed by atoms with E-state index < -0.39 is 10.2 Å². The minimum Gasteiger partial charge on any atom is -0.493 e. The highest BCUT2D eigenvalue weighted by atomic mass is 35.7. The molecule has 0 amide bonds. The molecule has 8 heteroatoms. The van der Waals surface area contributed by atoms with Crippen LogP contribution in [-0.4, -0.2) is 14.2 Å². The largest absolute Gasteiger partial charge is 0.493 e. The number of hydrogen-bond acceptors (Lipinski definition) is 6. The van der Waals surface area contributed by atoms with Gasteiger partial charge in [0.1, 0.15) is 0 Å². The second-order valence-electron chi connectivity index (χ2n) is 4.31. The molecule has 2 rings (SSSR count). The van der Waals surface area contributed by atoms with E-state index in [4.69, 9.17) is 32.5 Å². The van der Waals surface area contributed by atoms with Gasteiger partial charge in [-0.25, -0.2) is 23.1 Å². The summed E-state index contributed by atoms with van der Waals surface area (Å²) >= 11 is 0. The Hall–Kier alpha value is -1.64. The van der Waals surface area contributed by atoms with E-state index in [1.54, 1.807) is 14.2 Å². The molecule has 0 radical (unpaired) electrons. The first-order chi connectivity index (χ1) is 10.2. The fraction of sp³-hybridized carbons (Fsp3) is 0.357. The first-order valence-corrected chi connectivity index (χ1v) is 7.53. The highest BCUT2D eigenvalue weighted by Crippen LogP contribution is 2.34. The number of fused-ring (bicyclic) bond motifs is 1. The summed E-state index contributed by atoms with van der Waals surface area (Å²) in [4.78, 5) is 0. The number of methoxy groups -OCH3 is 2. The molecule has 0 atom stereocenters. The molecule has 0 saturated heterocycles. The van der Waals surface area contributed by atoms with E-state index in [1.165, 1.54) is 0 Å². The van der Waals surface area contributed by atoms with Crippen LogP contribution in [0, 0.1) is 17.2 Å². The summed E-state index contributed by atoms with van der Waals surface area (Å²) < 4.78 is 50.3. The molecule has 0 aliphatic heterocycles. The lowest BCUT2D eigenvalue weighted by Crippen LogP contribution is -2.68. The minimum atomic E-state index is -4.94. The smallest absolute Gasteiger partial charge is 0.337 e. The number of halogens is 1. The highest BCUT2D eigenvalue weighted by molar-refractivity contribution is 5.87. The maximum absolute atomic E-state index is 8.49. The van der Waals surface area contributed by atoms with Crippen molar-refractivity contribution < 1.29 is 42.8 Å². The van der Waals surface area contributed by atoms with Crippen molar-refractivity contribution in [3.05, 3.63) is 29.7 Å². The Bertz CT molecular complexity index is 631. The Kier molecular flexibility index (Phi) is 6.34. The lowest BCUT2D eigenvalue weighted by Gasteiger charge is -2.17. The third-order valence-corrected chi connectivity index (χ3v) is 2.82. The van der Waals surface area contributed by atoms with E-state index in [-0.39, 0.29) is 0 Å². The van der Waals surface area contributed by atoms with Crippen molar-refractivity contribution in [2.45, 2.75) is 20.3 Å². The fourth-order valence-electron chi connectivity index (χ4n) is 2.02. The molecule has 1 heterocycles. The van der Waals surface area contributed by atoms with Crippen LogP contribution >= 0.6 is 0 Å². The maximum atomic E-state index is 8.49. The first kappa shape index (κ1) is 18.4. The Morgan fingerprint density at radius 1 is 1.00 bits per heavy atom. The molecule has 1 aromatic heterocycles. The molecule has 1 aromatic carbocycles. The van der Waals surface area contributed by atoms with E-state index in [0.717, 1.165) is 40.2 Å². The topological polar surface area (TPSA) is 122 Å². The van der Waals surface area contributed by atoms with Gasteiger partial charge in [-0.15, -0.1) is 10.2 Å². The third kappa shape index (κ3) is 5.28. The molecule has 0 aliphatic rings. The summed E-state index contributed by atoms with van der Waals surface area (Å²) in [6.45, 7) is 4.03. The predicted octanol–water partition coefficient (Wildman–Crippen LogP) is -1.15. The molecule has 0 unspecified atom stereocenters. The summed E-state index contributed by atoms with van der Waals surface area (Å²) in [6, 6.07) is 5.96. The molecular formula is C14H17ClO7. The maximum Gasteiger partial charge on any atom is 0.337 e. The van der Waals surface area contributed by atoms with Crippen molar-refractivity contribution in [3.63, 3.8) is 0 Å². The zero-order valence-electron chi connectivity index (χ0n) is 12.7. The van der Waals surface area contributed by atoms with Gasteiger partial charge in [-0.05, 0) is 6.07 Å². The second kappa shape index (κ2) is 7.57. The summed E-state index contributed by atoms with van der Waals surface area (Å²) in [6.07, 6.45) is 0.855. The van der Waals surface area contributed by atoms with Crippen LogP contribution in [0.25, 0.3) is 10.8 Å². The van der Waals surface area contributed by atoms with Gasteiger partial charge in [0, 0.05) is 17.5 Å². The van der Waals surface area contributed by atoms with Crippen molar-refractivity contribution in [3.8, 4) is 11.5 Å². The molecule has 122 valence electrons. The van der Waals surface area contributed by atoms with Crippen molar-refractivity contribution >= 4 is 10.8 Å². The standard InChI is InChI=1S/C14H17O3.ClHO4/c1-5-12-11-8-14(16-4)13(15-3)7-10(11)6-9(2)17-12;2-1(3,4)5/h6-8H,5H2,1-4H3;(H,2,3,4,5)/q+1;/p-1. The van der Waals surface area contributed by atoms with Gasteiger partial charge in [0.15, 0.2) is 11.5 Å². The van der Waals surface area contributed by atoms with Crippen LogP contribution in [0.2, 0.25) is 0 Å². The van der Waals surface area contributed by atoms with E-state index in [2.05, 4.69) is 6.92 Å². The molecule has 0 saturated carbocycles. The summed E-state index contributed by atoms with van der Waals surface area (Å²) in [5, 5.41) is 2.19. The minimum absolute atomic E-state index is 0.730. The number of hydrogen-bond donors (Lipinski definition) is 0. The summed E-state index contributed by atoms with van der Waals surface area (Å²) in [7, 11) is -1.66. The third-order valence-electron chi connectivity index (χ3n) is 2.82. The lowest BCUT2D eigenvalue weighted by atomic mass is 10.1. The molecule has 0 fully saturated rings. The fourth-order valence-corrected chi connectivity index (χ4v) is 2.02. The number of aryl methyl sites for hydroxylation is 2. The zero-order valence-corrected chi connectivity index (χ0v) is 13.4. The summed E-state index contributed by atoms with van der Waals surface area (Å²) in [5.74, 6) is 3.35. The lowest BCUT2D eigenvalue weighted by molar-refractivity contribution is -2.00. The first-order valence-electron chi connectivity index (χ1n) is 6.29. The van der Waals surface area contributed by atoms with Gasteiger partial charge in [0.05, 0.1) is 33.0 Å². The average Bonchev–Trinajstić information content (AvgIpc) is 2.43. The van der Waals surface area contributed by atoms with Gasteiger partial charge in [0.25, 0.3) is 0 Å². The SMILES string of the molecule is CCc1[o+]c(C)cc2cc(OC)c(OC)cc12.[O-][Cl+3]([O-])([O-])[O-]. The van der Waals surface area contributed by atoms with Crippen molar-refractivity contribution in [1.82, 2.24) is 0 Å². The average molecular weight is 333 g/mol. The van der Waals surface area contributed by atoms with Gasteiger partial charge in [0.2, 0.25) is 0 Å². The Labute approximate surface area is 130 Å². The second-order valence-corrected chi connectivity index (χ2v) is 5.06. The van der Waals surface area contributed by atoms with Crippen LogP contribution in [0.15, 0.2) is 22.6 Å². The van der Waals surface area contributed by atoms with E-state index >= 15 is 0 Å². The van der Waals surface area contributed by atoms with Crippen LogP contribution in [0.3, 0.4) is 0 Å². The zero-order chi connectivity index (χ0) is 16.9. The van der Waals surface area contributed by atoms with Crippen LogP contribution in [0.4, 0.5) is 0 Å². The molecule has 0 bridgehead atoms. The van der Waals surface area contributed by atoms with Gasteiger partial charge < -0.3 is 9.47 Å². The normalized spacial score (nSPS) is 10.9. The molecule has 0 N–H and O–H groups in total.